The fourth-order valence-corrected chi connectivity index (χ4v) is 4.93. The summed E-state index contributed by atoms with van der Waals surface area (Å²) in [5, 5.41) is 3.26. The first-order valence-electron chi connectivity index (χ1n) is 11.1. The summed E-state index contributed by atoms with van der Waals surface area (Å²) < 4.78 is 6.26. The lowest BCUT2D eigenvalue weighted by molar-refractivity contribution is -0.125. The lowest BCUT2D eigenvalue weighted by Gasteiger charge is -2.39. The molecule has 158 valence electrons. The van der Waals surface area contributed by atoms with Gasteiger partial charge in [0.15, 0.2) is 0 Å². The summed E-state index contributed by atoms with van der Waals surface area (Å²) in [5.74, 6) is 0.0568. The van der Waals surface area contributed by atoms with Crippen LogP contribution in [0.2, 0.25) is 0 Å². The van der Waals surface area contributed by atoms with Crippen molar-refractivity contribution in [2.24, 2.45) is 0 Å². The summed E-state index contributed by atoms with van der Waals surface area (Å²) in [7, 11) is 0. The van der Waals surface area contributed by atoms with E-state index in [0.717, 1.165) is 37.1 Å². The van der Waals surface area contributed by atoms with E-state index in [1.54, 1.807) is 0 Å². The molecule has 3 aromatic carbocycles. The maximum Gasteiger partial charge on any atom is 0.234 e. The average molecular weight is 413 g/mol. The Morgan fingerprint density at radius 1 is 0.871 bits per heavy atom. The van der Waals surface area contributed by atoms with Gasteiger partial charge in [-0.3, -0.25) is 9.69 Å². The average Bonchev–Trinajstić information content (AvgIpc) is 3.18. The maximum absolute atomic E-state index is 13.0. The molecule has 4 heteroatoms. The SMILES string of the molecule is O=C(CN1CCC2(CC1)OCc1ccccc12)NC(c1ccccc1)c1ccccc1. The molecule has 2 aliphatic rings. The number of amides is 1. The lowest BCUT2D eigenvalue weighted by atomic mass is 9.84. The number of nitrogens with zero attached hydrogens (tertiary/aromatic N) is 1. The fourth-order valence-electron chi connectivity index (χ4n) is 4.93. The highest BCUT2D eigenvalue weighted by atomic mass is 16.5. The normalized spacial score (nSPS) is 17.6. The number of hydrogen-bond donors (Lipinski definition) is 1. The van der Waals surface area contributed by atoms with Crippen LogP contribution in [-0.2, 0) is 21.7 Å². The van der Waals surface area contributed by atoms with Crippen molar-refractivity contribution in [3.63, 3.8) is 0 Å². The standard InChI is InChI=1S/C27H28N2O2/c30-25(28-26(21-9-3-1-4-10-21)22-11-5-2-6-12-22)19-29-17-15-27(16-18-29)24-14-8-7-13-23(24)20-31-27/h1-14,26H,15-20H2,(H,28,30). The van der Waals surface area contributed by atoms with Gasteiger partial charge in [0.2, 0.25) is 5.91 Å². The first-order chi connectivity index (χ1) is 15.2. The zero-order valence-corrected chi connectivity index (χ0v) is 17.7. The van der Waals surface area contributed by atoms with Gasteiger partial charge in [-0.15, -0.1) is 0 Å². The first-order valence-corrected chi connectivity index (χ1v) is 11.1. The van der Waals surface area contributed by atoms with Crippen LogP contribution in [0.15, 0.2) is 84.9 Å². The van der Waals surface area contributed by atoms with E-state index in [4.69, 9.17) is 4.74 Å². The van der Waals surface area contributed by atoms with Crippen LogP contribution < -0.4 is 5.32 Å². The third-order valence-corrected chi connectivity index (χ3v) is 6.61. The molecular weight excluding hydrogens is 384 g/mol. The predicted octanol–water partition coefficient (Wildman–Crippen LogP) is 4.41. The highest BCUT2D eigenvalue weighted by Crippen LogP contribution is 2.43. The minimum Gasteiger partial charge on any atom is -0.365 e. The van der Waals surface area contributed by atoms with Crippen LogP contribution >= 0.6 is 0 Å². The molecule has 3 aromatic rings. The molecule has 1 fully saturated rings. The number of rotatable bonds is 5. The fraction of sp³-hybridized carbons (Fsp3) is 0.296. The van der Waals surface area contributed by atoms with Crippen LogP contribution in [0.25, 0.3) is 0 Å². The van der Waals surface area contributed by atoms with Gasteiger partial charge in [0.1, 0.15) is 0 Å². The Kier molecular flexibility index (Phi) is 5.58. The van der Waals surface area contributed by atoms with Crippen LogP contribution in [0.3, 0.4) is 0 Å². The van der Waals surface area contributed by atoms with Crippen LogP contribution in [0.5, 0.6) is 0 Å². The van der Waals surface area contributed by atoms with Gasteiger partial charge in [-0.25, -0.2) is 0 Å². The van der Waals surface area contributed by atoms with E-state index in [0.29, 0.717) is 13.2 Å². The summed E-state index contributed by atoms with van der Waals surface area (Å²) in [5.41, 5.74) is 4.67. The number of hydrogen-bond acceptors (Lipinski definition) is 3. The lowest BCUT2D eigenvalue weighted by Crippen LogP contribution is -2.46. The largest absolute Gasteiger partial charge is 0.365 e. The molecule has 4 nitrogen and oxygen atoms in total. The van der Waals surface area contributed by atoms with E-state index in [1.165, 1.54) is 11.1 Å². The summed E-state index contributed by atoms with van der Waals surface area (Å²) in [6.45, 7) is 2.84. The van der Waals surface area contributed by atoms with Crippen molar-refractivity contribution in [2.75, 3.05) is 19.6 Å². The molecule has 31 heavy (non-hydrogen) atoms. The van der Waals surface area contributed by atoms with Gasteiger partial charge in [0.25, 0.3) is 0 Å². The smallest absolute Gasteiger partial charge is 0.234 e. The Bertz CT molecular complexity index is 988. The summed E-state index contributed by atoms with van der Waals surface area (Å²) in [4.78, 5) is 15.2. The summed E-state index contributed by atoms with van der Waals surface area (Å²) >= 11 is 0. The van der Waals surface area contributed by atoms with Gasteiger partial charge in [-0.05, 0) is 35.1 Å². The van der Waals surface area contributed by atoms with Crippen LogP contribution in [-0.4, -0.2) is 30.4 Å². The van der Waals surface area contributed by atoms with E-state index >= 15 is 0 Å². The van der Waals surface area contributed by atoms with E-state index in [1.807, 2.05) is 36.4 Å². The van der Waals surface area contributed by atoms with Crippen molar-refractivity contribution in [3.05, 3.63) is 107 Å². The first kappa shape index (κ1) is 20.0. The second-order valence-corrected chi connectivity index (χ2v) is 8.54. The van der Waals surface area contributed by atoms with Crippen molar-refractivity contribution in [2.45, 2.75) is 31.1 Å². The molecule has 1 N–H and O–H groups in total. The minimum absolute atomic E-state index is 0.0568. The number of nitrogens with one attached hydrogen (secondary N) is 1. The molecule has 1 spiro atoms. The Labute approximate surface area is 183 Å². The zero-order chi connectivity index (χ0) is 21.1. The van der Waals surface area contributed by atoms with Crippen LogP contribution in [0.1, 0.15) is 41.1 Å². The molecule has 0 aromatic heterocycles. The van der Waals surface area contributed by atoms with Crippen molar-refractivity contribution >= 4 is 5.91 Å². The molecule has 0 atom stereocenters. The molecule has 0 aliphatic carbocycles. The minimum atomic E-state index is -0.166. The predicted molar refractivity (Wildman–Crippen MR) is 121 cm³/mol. The Balaban J connectivity index is 1.24. The molecular formula is C27H28N2O2. The monoisotopic (exact) mass is 412 g/mol. The van der Waals surface area contributed by atoms with Gasteiger partial charge in [0, 0.05) is 13.1 Å². The number of likely N-dealkylation sites (tertiary alicyclic amines) is 1. The van der Waals surface area contributed by atoms with Gasteiger partial charge in [-0.2, -0.15) is 0 Å². The van der Waals surface area contributed by atoms with Crippen molar-refractivity contribution in [1.82, 2.24) is 10.2 Å². The Hall–Kier alpha value is -2.95. The summed E-state index contributed by atoms with van der Waals surface area (Å²) in [6.07, 6.45) is 1.86. The summed E-state index contributed by atoms with van der Waals surface area (Å²) in [6, 6.07) is 28.7. The zero-order valence-electron chi connectivity index (χ0n) is 17.7. The van der Waals surface area contributed by atoms with Crippen LogP contribution in [0.4, 0.5) is 0 Å². The van der Waals surface area contributed by atoms with E-state index in [-0.39, 0.29) is 17.6 Å². The maximum atomic E-state index is 13.0. The molecule has 0 unspecified atom stereocenters. The molecule has 1 amide bonds. The van der Waals surface area contributed by atoms with E-state index < -0.39 is 0 Å². The molecule has 2 heterocycles. The number of benzene rings is 3. The van der Waals surface area contributed by atoms with Gasteiger partial charge in [0.05, 0.1) is 24.8 Å². The van der Waals surface area contributed by atoms with Gasteiger partial charge < -0.3 is 10.1 Å². The number of carbonyl (C=O) groups is 1. The Morgan fingerprint density at radius 2 is 1.45 bits per heavy atom. The molecule has 5 rings (SSSR count). The van der Waals surface area contributed by atoms with Crippen LogP contribution in [0, 0.1) is 0 Å². The molecule has 0 saturated carbocycles. The second kappa shape index (κ2) is 8.66. The molecule has 2 aliphatic heterocycles. The Morgan fingerprint density at radius 3 is 2.10 bits per heavy atom. The van der Waals surface area contributed by atoms with Crippen molar-refractivity contribution in [3.8, 4) is 0 Å². The highest BCUT2D eigenvalue weighted by molar-refractivity contribution is 5.79. The van der Waals surface area contributed by atoms with Crippen molar-refractivity contribution < 1.29 is 9.53 Å². The second-order valence-electron chi connectivity index (χ2n) is 8.54. The molecule has 0 bridgehead atoms. The number of piperidine rings is 1. The van der Waals surface area contributed by atoms with Crippen molar-refractivity contribution in [1.29, 1.82) is 0 Å². The molecule has 1 saturated heterocycles. The van der Waals surface area contributed by atoms with Gasteiger partial charge in [-0.1, -0.05) is 84.9 Å². The third kappa shape index (κ3) is 4.14. The molecule has 0 radical (unpaired) electrons. The third-order valence-electron chi connectivity index (χ3n) is 6.61. The van der Waals surface area contributed by atoms with E-state index in [9.17, 15) is 4.79 Å². The topological polar surface area (TPSA) is 41.6 Å². The number of ether oxygens (including phenoxy) is 1. The number of carbonyl (C=O) groups excluding carboxylic acids is 1. The highest BCUT2D eigenvalue weighted by Gasteiger charge is 2.42. The van der Waals surface area contributed by atoms with Gasteiger partial charge >= 0.3 is 0 Å². The quantitative estimate of drug-likeness (QED) is 0.675. The van der Waals surface area contributed by atoms with E-state index in [2.05, 4.69) is 58.7 Å². The number of fused-ring (bicyclic) bond motifs is 2.